The number of anilines is 1. The predicted molar refractivity (Wildman–Crippen MR) is 68.3 cm³/mol. The first-order valence-electron chi connectivity index (χ1n) is 6.18. The molecule has 0 heterocycles. The molecule has 1 N–H and O–H groups in total. The molecule has 1 aromatic rings. The number of aryl methyl sites for hydroxylation is 1. The standard InChI is InChI=1S/C13H18N2O2/c1-10-7-8-12(13(9-10)15(16)17)14-11-5-3-2-4-6-11/h7-9,11,14H,2-6H2,1H3. The maximum absolute atomic E-state index is 11.0. The van der Waals surface area contributed by atoms with Gasteiger partial charge >= 0.3 is 0 Å². The molecule has 0 bridgehead atoms. The van der Waals surface area contributed by atoms with Crippen LogP contribution < -0.4 is 5.32 Å². The lowest BCUT2D eigenvalue weighted by Crippen LogP contribution is -2.22. The molecule has 0 amide bonds. The third-order valence-electron chi connectivity index (χ3n) is 3.31. The van der Waals surface area contributed by atoms with Crippen molar-refractivity contribution in [2.45, 2.75) is 45.1 Å². The van der Waals surface area contributed by atoms with Gasteiger partial charge in [0.05, 0.1) is 4.92 Å². The maximum Gasteiger partial charge on any atom is 0.292 e. The normalized spacial score (nSPS) is 16.8. The van der Waals surface area contributed by atoms with Crippen molar-refractivity contribution in [3.8, 4) is 0 Å². The minimum Gasteiger partial charge on any atom is -0.377 e. The Morgan fingerprint density at radius 1 is 1.29 bits per heavy atom. The minimum atomic E-state index is -0.307. The van der Waals surface area contributed by atoms with Crippen molar-refractivity contribution < 1.29 is 4.92 Å². The third kappa shape index (κ3) is 2.96. The number of rotatable bonds is 3. The van der Waals surface area contributed by atoms with Gasteiger partial charge in [0.2, 0.25) is 0 Å². The minimum absolute atomic E-state index is 0.190. The molecule has 1 aliphatic rings. The van der Waals surface area contributed by atoms with E-state index >= 15 is 0 Å². The summed E-state index contributed by atoms with van der Waals surface area (Å²) in [5, 5.41) is 14.3. The van der Waals surface area contributed by atoms with Crippen molar-refractivity contribution in [3.05, 3.63) is 33.9 Å². The summed E-state index contributed by atoms with van der Waals surface area (Å²) >= 11 is 0. The van der Waals surface area contributed by atoms with E-state index in [4.69, 9.17) is 0 Å². The molecule has 0 spiro atoms. The van der Waals surface area contributed by atoms with Gasteiger partial charge in [-0.15, -0.1) is 0 Å². The van der Waals surface area contributed by atoms with Gasteiger partial charge in [-0.25, -0.2) is 0 Å². The van der Waals surface area contributed by atoms with Gasteiger partial charge in [-0.3, -0.25) is 10.1 Å². The van der Waals surface area contributed by atoms with Gasteiger partial charge < -0.3 is 5.32 Å². The van der Waals surface area contributed by atoms with E-state index in [9.17, 15) is 10.1 Å². The van der Waals surface area contributed by atoms with Crippen LogP contribution in [0.2, 0.25) is 0 Å². The number of benzene rings is 1. The van der Waals surface area contributed by atoms with Crippen LogP contribution >= 0.6 is 0 Å². The number of hydrogen-bond acceptors (Lipinski definition) is 3. The average molecular weight is 234 g/mol. The highest BCUT2D eigenvalue weighted by Crippen LogP contribution is 2.29. The van der Waals surface area contributed by atoms with Crippen LogP contribution in [-0.2, 0) is 0 Å². The van der Waals surface area contributed by atoms with Crippen molar-refractivity contribution in [2.75, 3.05) is 5.32 Å². The molecule has 4 heteroatoms. The summed E-state index contributed by atoms with van der Waals surface area (Å²) in [4.78, 5) is 10.7. The highest BCUT2D eigenvalue weighted by Gasteiger charge is 2.18. The van der Waals surface area contributed by atoms with Crippen LogP contribution in [0.4, 0.5) is 11.4 Å². The molecule has 0 atom stereocenters. The number of hydrogen-bond donors (Lipinski definition) is 1. The van der Waals surface area contributed by atoms with E-state index in [1.807, 2.05) is 19.1 Å². The fourth-order valence-electron chi connectivity index (χ4n) is 2.38. The Kier molecular flexibility index (Phi) is 3.61. The summed E-state index contributed by atoms with van der Waals surface area (Å²) in [6.07, 6.45) is 5.96. The predicted octanol–water partition coefficient (Wildman–Crippen LogP) is 3.65. The van der Waals surface area contributed by atoms with Crippen molar-refractivity contribution in [1.82, 2.24) is 0 Å². The average Bonchev–Trinajstić information content (AvgIpc) is 2.32. The largest absolute Gasteiger partial charge is 0.377 e. The summed E-state index contributed by atoms with van der Waals surface area (Å²) in [7, 11) is 0. The van der Waals surface area contributed by atoms with E-state index in [2.05, 4.69) is 5.32 Å². The summed E-state index contributed by atoms with van der Waals surface area (Å²) in [5.41, 5.74) is 1.77. The van der Waals surface area contributed by atoms with E-state index in [-0.39, 0.29) is 10.6 Å². The molecule has 0 aliphatic heterocycles. The van der Waals surface area contributed by atoms with E-state index in [0.29, 0.717) is 11.7 Å². The van der Waals surface area contributed by atoms with Gasteiger partial charge in [0.1, 0.15) is 5.69 Å². The quantitative estimate of drug-likeness (QED) is 0.641. The molecule has 4 nitrogen and oxygen atoms in total. The Morgan fingerprint density at radius 2 is 2.00 bits per heavy atom. The molecule has 1 aromatic carbocycles. The Bertz CT molecular complexity index is 412. The molecule has 1 fully saturated rings. The van der Waals surface area contributed by atoms with Crippen molar-refractivity contribution in [3.63, 3.8) is 0 Å². The molecule has 0 aromatic heterocycles. The van der Waals surface area contributed by atoms with Crippen molar-refractivity contribution in [2.24, 2.45) is 0 Å². The smallest absolute Gasteiger partial charge is 0.292 e. The van der Waals surface area contributed by atoms with Crippen LogP contribution in [0.3, 0.4) is 0 Å². The zero-order chi connectivity index (χ0) is 12.3. The Morgan fingerprint density at radius 3 is 2.65 bits per heavy atom. The lowest BCUT2D eigenvalue weighted by atomic mass is 9.95. The molecule has 17 heavy (non-hydrogen) atoms. The Labute approximate surface area is 101 Å². The second kappa shape index (κ2) is 5.17. The fraction of sp³-hybridized carbons (Fsp3) is 0.538. The molecule has 1 aliphatic carbocycles. The molecular weight excluding hydrogens is 216 g/mol. The van der Waals surface area contributed by atoms with Crippen LogP contribution in [-0.4, -0.2) is 11.0 Å². The SMILES string of the molecule is Cc1ccc(NC2CCCCC2)c([N+](=O)[O-])c1. The van der Waals surface area contributed by atoms with E-state index in [1.165, 1.54) is 19.3 Å². The van der Waals surface area contributed by atoms with Gasteiger partial charge in [0.15, 0.2) is 0 Å². The number of nitro benzene ring substituents is 1. The summed E-state index contributed by atoms with van der Waals surface area (Å²) in [5.74, 6) is 0. The Balaban J connectivity index is 2.16. The van der Waals surface area contributed by atoms with Crippen LogP contribution in [0.5, 0.6) is 0 Å². The van der Waals surface area contributed by atoms with Gasteiger partial charge in [-0.1, -0.05) is 25.3 Å². The van der Waals surface area contributed by atoms with Gasteiger partial charge in [0, 0.05) is 12.1 Å². The fourth-order valence-corrected chi connectivity index (χ4v) is 2.38. The summed E-state index contributed by atoms with van der Waals surface area (Å²) in [6, 6.07) is 5.76. The number of nitrogens with one attached hydrogen (secondary N) is 1. The second-order valence-electron chi connectivity index (χ2n) is 4.76. The first kappa shape index (κ1) is 11.9. The molecule has 0 saturated heterocycles. The van der Waals surface area contributed by atoms with Crippen LogP contribution in [0.25, 0.3) is 0 Å². The van der Waals surface area contributed by atoms with Crippen molar-refractivity contribution >= 4 is 11.4 Å². The van der Waals surface area contributed by atoms with E-state index in [1.54, 1.807) is 6.07 Å². The topological polar surface area (TPSA) is 55.2 Å². The van der Waals surface area contributed by atoms with Crippen LogP contribution in [0.15, 0.2) is 18.2 Å². The summed E-state index contributed by atoms with van der Waals surface area (Å²) < 4.78 is 0. The zero-order valence-electron chi connectivity index (χ0n) is 10.1. The first-order chi connectivity index (χ1) is 8.16. The lowest BCUT2D eigenvalue weighted by molar-refractivity contribution is -0.384. The number of nitro groups is 1. The highest BCUT2D eigenvalue weighted by atomic mass is 16.6. The second-order valence-corrected chi connectivity index (χ2v) is 4.76. The van der Waals surface area contributed by atoms with Gasteiger partial charge in [0.25, 0.3) is 5.69 Å². The summed E-state index contributed by atoms with van der Waals surface area (Å²) in [6.45, 7) is 1.87. The molecular formula is C13H18N2O2. The van der Waals surface area contributed by atoms with Crippen LogP contribution in [0.1, 0.15) is 37.7 Å². The molecule has 1 saturated carbocycles. The first-order valence-corrected chi connectivity index (χ1v) is 6.18. The molecule has 2 rings (SSSR count). The highest BCUT2D eigenvalue weighted by molar-refractivity contribution is 5.62. The van der Waals surface area contributed by atoms with Gasteiger partial charge in [-0.05, 0) is 31.4 Å². The van der Waals surface area contributed by atoms with Crippen molar-refractivity contribution in [1.29, 1.82) is 0 Å². The molecule has 92 valence electrons. The van der Waals surface area contributed by atoms with E-state index < -0.39 is 0 Å². The van der Waals surface area contributed by atoms with Gasteiger partial charge in [-0.2, -0.15) is 0 Å². The molecule has 0 unspecified atom stereocenters. The number of nitrogens with zero attached hydrogens (tertiary/aromatic N) is 1. The van der Waals surface area contributed by atoms with E-state index in [0.717, 1.165) is 18.4 Å². The van der Waals surface area contributed by atoms with Crippen LogP contribution in [0, 0.1) is 17.0 Å². The third-order valence-corrected chi connectivity index (χ3v) is 3.31. The Hall–Kier alpha value is -1.58. The monoisotopic (exact) mass is 234 g/mol. The zero-order valence-corrected chi connectivity index (χ0v) is 10.1. The molecule has 0 radical (unpaired) electrons. The lowest BCUT2D eigenvalue weighted by Gasteiger charge is -2.23. The maximum atomic E-state index is 11.0.